The molecule has 5 heteroatoms. The third-order valence-corrected chi connectivity index (χ3v) is 4.21. The molecule has 0 aliphatic heterocycles. The molecule has 0 bridgehead atoms. The topological polar surface area (TPSA) is 63.6 Å². The lowest BCUT2D eigenvalue weighted by atomic mass is 10.1. The first kappa shape index (κ1) is 14.3. The van der Waals surface area contributed by atoms with Gasteiger partial charge in [-0.1, -0.05) is 24.3 Å². The first-order chi connectivity index (χ1) is 9.61. The van der Waals surface area contributed by atoms with Gasteiger partial charge in [-0.15, -0.1) is 0 Å². The minimum atomic E-state index is -1.29. The summed E-state index contributed by atoms with van der Waals surface area (Å²) in [7, 11) is 0.244. The van der Waals surface area contributed by atoms with Gasteiger partial charge in [0.05, 0.1) is 34.1 Å². The number of carboxylic acid groups (broad SMARTS) is 1. The number of rotatable bonds is 5. The summed E-state index contributed by atoms with van der Waals surface area (Å²) in [6.07, 6.45) is 0. The summed E-state index contributed by atoms with van der Waals surface area (Å²) in [5.74, 6) is -0.170. The van der Waals surface area contributed by atoms with Crippen LogP contribution in [0.4, 0.5) is 0 Å². The van der Waals surface area contributed by atoms with Crippen molar-refractivity contribution in [3.8, 4) is 5.75 Å². The fraction of sp³-hybridized carbons (Fsp3) is 0.133. The average Bonchev–Trinajstić information content (AvgIpc) is 2.47. The van der Waals surface area contributed by atoms with Crippen LogP contribution in [0.2, 0.25) is 0 Å². The Labute approximate surface area is 119 Å². The molecule has 4 nitrogen and oxygen atoms in total. The Balaban J connectivity index is 2.23. The molecule has 2 aromatic rings. The normalized spacial score (nSPS) is 11.8. The van der Waals surface area contributed by atoms with Crippen LogP contribution in [0.15, 0.2) is 53.4 Å². The van der Waals surface area contributed by atoms with Crippen molar-refractivity contribution in [2.24, 2.45) is 0 Å². The second-order valence-corrected chi connectivity index (χ2v) is 5.57. The van der Waals surface area contributed by atoms with E-state index in [9.17, 15) is 9.00 Å². The molecule has 0 saturated carbocycles. The third kappa shape index (κ3) is 3.24. The molecule has 0 spiro atoms. The third-order valence-electron chi connectivity index (χ3n) is 2.79. The molecule has 2 rings (SSSR count). The Bertz CT molecular complexity index is 652. The van der Waals surface area contributed by atoms with Gasteiger partial charge in [0.15, 0.2) is 0 Å². The van der Waals surface area contributed by atoms with Gasteiger partial charge in [0.2, 0.25) is 0 Å². The van der Waals surface area contributed by atoms with E-state index in [1.54, 1.807) is 30.3 Å². The predicted molar refractivity (Wildman–Crippen MR) is 76.5 cm³/mol. The maximum absolute atomic E-state index is 12.4. The summed E-state index contributed by atoms with van der Waals surface area (Å²) < 4.78 is 17.5. The lowest BCUT2D eigenvalue weighted by Crippen LogP contribution is -2.01. The van der Waals surface area contributed by atoms with Gasteiger partial charge < -0.3 is 9.84 Å². The summed E-state index contributed by atoms with van der Waals surface area (Å²) in [5, 5.41) is 8.95. The van der Waals surface area contributed by atoms with Crippen LogP contribution < -0.4 is 4.74 Å². The minimum absolute atomic E-state index is 0.194. The van der Waals surface area contributed by atoms with Gasteiger partial charge in [-0.25, -0.2) is 4.79 Å². The Kier molecular flexibility index (Phi) is 4.53. The molecule has 0 saturated heterocycles. The molecule has 0 fully saturated rings. The SMILES string of the molecule is COc1ccccc1S(=O)Cc1cccc(C(=O)O)c1. The number of carbonyl (C=O) groups is 1. The highest BCUT2D eigenvalue weighted by atomic mass is 32.2. The van der Waals surface area contributed by atoms with E-state index >= 15 is 0 Å². The lowest BCUT2D eigenvalue weighted by molar-refractivity contribution is 0.0696. The van der Waals surface area contributed by atoms with E-state index in [0.717, 1.165) is 0 Å². The van der Waals surface area contributed by atoms with Crippen molar-refractivity contribution in [2.45, 2.75) is 10.6 Å². The number of benzene rings is 2. The number of hydrogen-bond acceptors (Lipinski definition) is 3. The molecule has 20 heavy (non-hydrogen) atoms. The van der Waals surface area contributed by atoms with Crippen molar-refractivity contribution in [3.63, 3.8) is 0 Å². The van der Waals surface area contributed by atoms with Gasteiger partial charge >= 0.3 is 5.97 Å². The van der Waals surface area contributed by atoms with Gasteiger partial charge in [-0.05, 0) is 29.8 Å². The van der Waals surface area contributed by atoms with E-state index in [1.807, 2.05) is 6.07 Å². The van der Waals surface area contributed by atoms with E-state index < -0.39 is 16.8 Å². The van der Waals surface area contributed by atoms with Gasteiger partial charge in [-0.2, -0.15) is 0 Å². The number of hydrogen-bond donors (Lipinski definition) is 1. The summed E-state index contributed by atoms with van der Waals surface area (Å²) >= 11 is 0. The second kappa shape index (κ2) is 6.34. The van der Waals surface area contributed by atoms with Crippen LogP contribution in [-0.4, -0.2) is 22.4 Å². The van der Waals surface area contributed by atoms with Crippen molar-refractivity contribution >= 4 is 16.8 Å². The number of ether oxygens (including phenoxy) is 1. The van der Waals surface area contributed by atoms with Crippen LogP contribution in [-0.2, 0) is 16.6 Å². The van der Waals surface area contributed by atoms with Crippen LogP contribution in [0, 0.1) is 0 Å². The lowest BCUT2D eigenvalue weighted by Gasteiger charge is -2.08. The molecule has 1 atom stereocenters. The largest absolute Gasteiger partial charge is 0.495 e. The minimum Gasteiger partial charge on any atom is -0.495 e. The Morgan fingerprint density at radius 2 is 1.95 bits per heavy atom. The van der Waals surface area contributed by atoms with E-state index in [4.69, 9.17) is 9.84 Å². The number of methoxy groups -OCH3 is 1. The summed E-state index contributed by atoms with van der Waals surface area (Å²) in [6.45, 7) is 0. The Morgan fingerprint density at radius 1 is 1.20 bits per heavy atom. The fourth-order valence-electron chi connectivity index (χ4n) is 1.83. The summed E-state index contributed by atoms with van der Waals surface area (Å²) in [6, 6.07) is 13.6. The first-order valence-electron chi connectivity index (χ1n) is 5.95. The molecule has 0 aromatic heterocycles. The van der Waals surface area contributed by atoms with E-state index in [2.05, 4.69) is 0 Å². The van der Waals surface area contributed by atoms with Gasteiger partial charge in [0, 0.05) is 0 Å². The molecule has 2 aromatic carbocycles. The van der Waals surface area contributed by atoms with Crippen molar-refractivity contribution in [3.05, 3.63) is 59.7 Å². The highest BCUT2D eigenvalue weighted by molar-refractivity contribution is 7.84. The molecule has 1 N–H and O–H groups in total. The maximum atomic E-state index is 12.4. The van der Waals surface area contributed by atoms with Crippen molar-refractivity contribution in [1.82, 2.24) is 0 Å². The zero-order valence-electron chi connectivity index (χ0n) is 10.9. The second-order valence-electron chi connectivity index (χ2n) is 4.15. The molecule has 0 amide bonds. The molecule has 1 unspecified atom stereocenters. The monoisotopic (exact) mass is 290 g/mol. The molecular formula is C15H14O4S. The summed E-state index contributed by atoms with van der Waals surface area (Å²) in [4.78, 5) is 11.5. The van der Waals surface area contributed by atoms with E-state index in [-0.39, 0.29) is 11.3 Å². The molecule has 104 valence electrons. The van der Waals surface area contributed by atoms with Gasteiger partial charge in [-0.3, -0.25) is 4.21 Å². The van der Waals surface area contributed by atoms with Crippen molar-refractivity contribution in [1.29, 1.82) is 0 Å². The molecule has 0 heterocycles. The number of aromatic carboxylic acids is 1. The average molecular weight is 290 g/mol. The molecule has 0 aliphatic rings. The molecular weight excluding hydrogens is 276 g/mol. The Morgan fingerprint density at radius 3 is 2.65 bits per heavy atom. The predicted octanol–water partition coefficient (Wildman–Crippen LogP) is 2.70. The van der Waals surface area contributed by atoms with Crippen LogP contribution in [0.5, 0.6) is 5.75 Å². The Hall–Kier alpha value is -2.14. The molecule has 0 aliphatic carbocycles. The quantitative estimate of drug-likeness (QED) is 0.919. The van der Waals surface area contributed by atoms with Gasteiger partial charge in [0.1, 0.15) is 5.75 Å². The standard InChI is InChI=1S/C15H14O4S/c1-19-13-7-2-3-8-14(13)20(18)10-11-5-4-6-12(9-11)15(16)17/h2-9H,10H2,1H3,(H,16,17). The van der Waals surface area contributed by atoms with Crippen molar-refractivity contribution < 1.29 is 18.8 Å². The van der Waals surface area contributed by atoms with Crippen LogP contribution in [0.1, 0.15) is 15.9 Å². The molecule has 0 radical (unpaired) electrons. The highest BCUT2D eigenvalue weighted by Crippen LogP contribution is 2.23. The fourth-order valence-corrected chi connectivity index (χ4v) is 3.07. The smallest absolute Gasteiger partial charge is 0.335 e. The maximum Gasteiger partial charge on any atom is 0.335 e. The highest BCUT2D eigenvalue weighted by Gasteiger charge is 2.11. The number of carboxylic acids is 1. The zero-order valence-corrected chi connectivity index (χ0v) is 11.7. The van der Waals surface area contributed by atoms with Crippen LogP contribution in [0.3, 0.4) is 0 Å². The van der Waals surface area contributed by atoms with Gasteiger partial charge in [0.25, 0.3) is 0 Å². The van der Waals surface area contributed by atoms with E-state index in [1.165, 1.54) is 19.2 Å². The van der Waals surface area contributed by atoms with Crippen LogP contribution in [0.25, 0.3) is 0 Å². The zero-order chi connectivity index (χ0) is 14.5. The first-order valence-corrected chi connectivity index (χ1v) is 7.27. The van der Waals surface area contributed by atoms with E-state index in [0.29, 0.717) is 16.2 Å². The number of para-hydroxylation sites is 1. The summed E-state index contributed by atoms with van der Waals surface area (Å²) in [5.41, 5.74) is 0.911. The van der Waals surface area contributed by atoms with Crippen molar-refractivity contribution in [2.75, 3.05) is 7.11 Å². The van der Waals surface area contributed by atoms with Crippen LogP contribution >= 0.6 is 0 Å².